The van der Waals surface area contributed by atoms with Gasteiger partial charge in [0.15, 0.2) is 5.13 Å². The molecule has 0 spiro atoms. The number of rotatable bonds is 5. The van der Waals surface area contributed by atoms with E-state index >= 15 is 0 Å². The number of nitrogens with zero attached hydrogens (tertiary/aromatic N) is 3. The van der Waals surface area contributed by atoms with Crippen LogP contribution in [0.1, 0.15) is 16.1 Å². The minimum absolute atomic E-state index is 0.154. The molecular weight excluding hydrogens is 328 g/mol. The molecule has 8 heteroatoms. The van der Waals surface area contributed by atoms with Crippen molar-refractivity contribution in [2.45, 2.75) is 13.5 Å². The van der Waals surface area contributed by atoms with E-state index in [1.165, 1.54) is 35.3 Å². The molecule has 1 amide bonds. The summed E-state index contributed by atoms with van der Waals surface area (Å²) in [6.45, 7) is 2.60. The lowest BCUT2D eigenvalue weighted by atomic mass is 10.2. The SMILES string of the molecule is COCCn1nc(C(=O)Nc2nc3c(C)cccc3s2)ccc1=O. The number of aromatic nitrogens is 3. The third-order valence-electron chi connectivity index (χ3n) is 3.45. The lowest BCUT2D eigenvalue weighted by Crippen LogP contribution is -2.27. The van der Waals surface area contributed by atoms with Crippen LogP contribution >= 0.6 is 11.3 Å². The highest BCUT2D eigenvalue weighted by Gasteiger charge is 2.13. The first kappa shape index (κ1) is 16.3. The highest BCUT2D eigenvalue weighted by Crippen LogP contribution is 2.27. The van der Waals surface area contributed by atoms with Crippen LogP contribution in [0.4, 0.5) is 5.13 Å². The molecule has 0 aliphatic carbocycles. The minimum Gasteiger partial charge on any atom is -0.383 e. The number of anilines is 1. The number of aryl methyl sites for hydroxylation is 1. The first-order valence-electron chi connectivity index (χ1n) is 7.33. The van der Waals surface area contributed by atoms with E-state index in [4.69, 9.17) is 4.74 Å². The van der Waals surface area contributed by atoms with Crippen LogP contribution in [0.15, 0.2) is 35.1 Å². The molecule has 7 nitrogen and oxygen atoms in total. The predicted octanol–water partition coefficient (Wildman–Crippen LogP) is 2.06. The normalized spacial score (nSPS) is 10.9. The second-order valence-corrected chi connectivity index (χ2v) is 6.20. The number of benzene rings is 1. The lowest BCUT2D eigenvalue weighted by molar-refractivity contribution is 0.101. The summed E-state index contributed by atoms with van der Waals surface area (Å²) in [4.78, 5) is 28.5. The van der Waals surface area contributed by atoms with Gasteiger partial charge in [0.25, 0.3) is 11.5 Å². The molecule has 0 bridgehead atoms. The topological polar surface area (TPSA) is 86.1 Å². The zero-order chi connectivity index (χ0) is 17.1. The number of nitrogens with one attached hydrogen (secondary N) is 1. The second kappa shape index (κ2) is 6.90. The van der Waals surface area contributed by atoms with Crippen molar-refractivity contribution in [2.24, 2.45) is 0 Å². The molecule has 0 aliphatic rings. The Hall–Kier alpha value is -2.58. The van der Waals surface area contributed by atoms with E-state index in [1.54, 1.807) is 0 Å². The smallest absolute Gasteiger partial charge is 0.277 e. The molecule has 24 heavy (non-hydrogen) atoms. The number of para-hydroxylation sites is 1. The highest BCUT2D eigenvalue weighted by atomic mass is 32.1. The molecule has 1 aromatic carbocycles. The van der Waals surface area contributed by atoms with Crippen molar-refractivity contribution in [2.75, 3.05) is 19.0 Å². The summed E-state index contributed by atoms with van der Waals surface area (Å²) in [7, 11) is 1.54. The monoisotopic (exact) mass is 344 g/mol. The average molecular weight is 344 g/mol. The van der Waals surface area contributed by atoms with Crippen LogP contribution in [0.3, 0.4) is 0 Å². The van der Waals surface area contributed by atoms with Gasteiger partial charge >= 0.3 is 0 Å². The van der Waals surface area contributed by atoms with Crippen molar-refractivity contribution < 1.29 is 9.53 Å². The Bertz CT molecular complexity index is 948. The fraction of sp³-hybridized carbons (Fsp3) is 0.250. The quantitative estimate of drug-likeness (QED) is 0.766. The van der Waals surface area contributed by atoms with Crippen LogP contribution in [-0.4, -0.2) is 34.4 Å². The van der Waals surface area contributed by atoms with Gasteiger partial charge < -0.3 is 4.74 Å². The largest absolute Gasteiger partial charge is 0.383 e. The predicted molar refractivity (Wildman–Crippen MR) is 92.7 cm³/mol. The lowest BCUT2D eigenvalue weighted by Gasteiger charge is -2.06. The summed E-state index contributed by atoms with van der Waals surface area (Å²) in [5.41, 5.74) is 1.80. The average Bonchev–Trinajstić information content (AvgIpc) is 2.98. The van der Waals surface area contributed by atoms with Crippen LogP contribution in [0.25, 0.3) is 10.2 Å². The van der Waals surface area contributed by atoms with Gasteiger partial charge in [0.05, 0.1) is 23.4 Å². The minimum atomic E-state index is -0.405. The molecule has 0 saturated carbocycles. The molecule has 0 radical (unpaired) electrons. The molecule has 0 fully saturated rings. The maximum absolute atomic E-state index is 12.4. The number of ether oxygens (including phenoxy) is 1. The van der Waals surface area contributed by atoms with Gasteiger partial charge in [-0.25, -0.2) is 9.67 Å². The number of fused-ring (bicyclic) bond motifs is 1. The number of hydrogen-bond acceptors (Lipinski definition) is 6. The van der Waals surface area contributed by atoms with Gasteiger partial charge in [0.1, 0.15) is 5.69 Å². The first-order valence-corrected chi connectivity index (χ1v) is 8.15. The fourth-order valence-corrected chi connectivity index (χ4v) is 3.15. The number of amides is 1. The van der Waals surface area contributed by atoms with Crippen LogP contribution in [-0.2, 0) is 11.3 Å². The van der Waals surface area contributed by atoms with E-state index in [0.29, 0.717) is 11.7 Å². The molecule has 0 aliphatic heterocycles. The fourth-order valence-electron chi connectivity index (χ4n) is 2.21. The molecule has 2 heterocycles. The molecular formula is C16H16N4O3S. The zero-order valence-corrected chi connectivity index (χ0v) is 14.1. The molecule has 0 atom stereocenters. The number of hydrogen-bond donors (Lipinski definition) is 1. The van der Waals surface area contributed by atoms with Crippen LogP contribution in [0.5, 0.6) is 0 Å². The number of methoxy groups -OCH3 is 1. The van der Waals surface area contributed by atoms with Gasteiger partial charge in [0.2, 0.25) is 0 Å². The van der Waals surface area contributed by atoms with Crippen molar-refractivity contribution in [1.29, 1.82) is 0 Å². The summed E-state index contributed by atoms with van der Waals surface area (Å²) < 4.78 is 7.15. The maximum Gasteiger partial charge on any atom is 0.277 e. The Labute approximate surface area is 141 Å². The van der Waals surface area contributed by atoms with E-state index in [9.17, 15) is 9.59 Å². The van der Waals surface area contributed by atoms with E-state index < -0.39 is 5.91 Å². The van der Waals surface area contributed by atoms with Gasteiger partial charge in [-0.3, -0.25) is 14.9 Å². The first-order chi connectivity index (χ1) is 11.6. The van der Waals surface area contributed by atoms with Crippen molar-refractivity contribution in [3.8, 4) is 0 Å². The summed E-state index contributed by atoms with van der Waals surface area (Å²) in [5.74, 6) is -0.405. The summed E-state index contributed by atoms with van der Waals surface area (Å²) in [5, 5.41) is 7.30. The van der Waals surface area contributed by atoms with E-state index in [2.05, 4.69) is 15.4 Å². The van der Waals surface area contributed by atoms with Crippen molar-refractivity contribution in [1.82, 2.24) is 14.8 Å². The second-order valence-electron chi connectivity index (χ2n) is 5.17. The number of carbonyl (C=O) groups excluding carboxylic acids is 1. The van der Waals surface area contributed by atoms with Crippen LogP contribution in [0.2, 0.25) is 0 Å². The molecule has 3 aromatic rings. The zero-order valence-electron chi connectivity index (χ0n) is 13.3. The van der Waals surface area contributed by atoms with E-state index in [1.807, 2.05) is 25.1 Å². The Morgan fingerprint density at radius 3 is 2.92 bits per heavy atom. The van der Waals surface area contributed by atoms with Gasteiger partial charge in [-0.1, -0.05) is 23.5 Å². The third-order valence-corrected chi connectivity index (χ3v) is 4.38. The third kappa shape index (κ3) is 3.34. The Kier molecular flexibility index (Phi) is 4.68. The standard InChI is InChI=1S/C16H16N4O3S/c1-10-4-3-5-12-14(10)17-16(24-12)18-15(22)11-6-7-13(21)20(19-11)8-9-23-2/h3-7H,8-9H2,1-2H3,(H,17,18,22). The van der Waals surface area contributed by atoms with Crippen molar-refractivity contribution >= 4 is 32.6 Å². The number of carbonyl (C=O) groups is 1. The molecule has 0 unspecified atom stereocenters. The molecule has 124 valence electrons. The van der Waals surface area contributed by atoms with Gasteiger partial charge in [-0.05, 0) is 24.6 Å². The van der Waals surface area contributed by atoms with Crippen molar-refractivity contribution in [3.05, 3.63) is 51.9 Å². The van der Waals surface area contributed by atoms with Crippen LogP contribution < -0.4 is 10.9 Å². The summed E-state index contributed by atoms with van der Waals surface area (Å²) in [6.07, 6.45) is 0. The number of thiazole rings is 1. The molecule has 3 rings (SSSR count). The maximum atomic E-state index is 12.4. The Morgan fingerprint density at radius 2 is 2.17 bits per heavy atom. The molecule has 1 N–H and O–H groups in total. The van der Waals surface area contributed by atoms with E-state index in [0.717, 1.165) is 15.8 Å². The molecule has 2 aromatic heterocycles. The Morgan fingerprint density at radius 1 is 1.33 bits per heavy atom. The Balaban J connectivity index is 1.83. The summed E-state index contributed by atoms with van der Waals surface area (Å²) in [6, 6.07) is 8.61. The van der Waals surface area contributed by atoms with E-state index in [-0.39, 0.29) is 17.8 Å². The van der Waals surface area contributed by atoms with Gasteiger partial charge in [-0.2, -0.15) is 5.10 Å². The van der Waals surface area contributed by atoms with Gasteiger partial charge in [0, 0.05) is 13.2 Å². The summed E-state index contributed by atoms with van der Waals surface area (Å²) >= 11 is 1.40. The van der Waals surface area contributed by atoms with Crippen molar-refractivity contribution in [3.63, 3.8) is 0 Å². The van der Waals surface area contributed by atoms with Gasteiger partial charge in [-0.15, -0.1) is 0 Å². The molecule has 0 saturated heterocycles. The highest BCUT2D eigenvalue weighted by molar-refractivity contribution is 7.22. The van der Waals surface area contributed by atoms with Crippen LogP contribution in [0, 0.1) is 6.92 Å².